The minimum atomic E-state index is 0. The van der Waals surface area contributed by atoms with Gasteiger partial charge in [0.25, 0.3) is 0 Å². The first kappa shape index (κ1) is 16.6. The molecular formula is C11H15ClOZr. The molecule has 3 heteroatoms. The van der Waals surface area contributed by atoms with Gasteiger partial charge in [-0.25, -0.2) is 0 Å². The largest absolute Gasteiger partial charge is 2.00 e. The van der Waals surface area contributed by atoms with Crippen molar-refractivity contribution in [3.05, 3.63) is 29.3 Å². The van der Waals surface area contributed by atoms with Gasteiger partial charge < -0.3 is 17.5 Å². The zero-order valence-electron chi connectivity index (χ0n) is 9.02. The number of rotatable bonds is 0. The smallest absolute Gasteiger partial charge is 1.00 e. The summed E-state index contributed by atoms with van der Waals surface area (Å²) in [5, 5.41) is 11.3. The van der Waals surface area contributed by atoms with Gasteiger partial charge >= 0.3 is 26.2 Å². The molecule has 1 aromatic rings. The molecule has 0 saturated heterocycles. The zero-order chi connectivity index (χ0) is 9.35. The molecule has 0 spiro atoms. The molecule has 76 valence electrons. The fourth-order valence-corrected chi connectivity index (χ4v) is 1.43. The summed E-state index contributed by atoms with van der Waals surface area (Å²) >= 11 is 0. The van der Waals surface area contributed by atoms with Crippen LogP contribution in [0.15, 0.2) is 18.2 Å². The Morgan fingerprint density at radius 1 is 1.14 bits per heavy atom. The molecule has 0 aromatic heterocycles. The van der Waals surface area contributed by atoms with Crippen LogP contribution in [0.2, 0.25) is 0 Å². The molecule has 0 atom stereocenters. The van der Waals surface area contributed by atoms with E-state index in [0.717, 1.165) is 11.1 Å². The summed E-state index contributed by atoms with van der Waals surface area (Å²) in [7, 11) is 0. The summed E-state index contributed by atoms with van der Waals surface area (Å²) in [5.41, 5.74) is 2.10. The van der Waals surface area contributed by atoms with Gasteiger partial charge in [0.2, 0.25) is 0 Å². The van der Waals surface area contributed by atoms with Crippen molar-refractivity contribution in [2.75, 3.05) is 0 Å². The molecule has 0 radical (unpaired) electrons. The Kier molecular flexibility index (Phi) is 7.03. The van der Waals surface area contributed by atoms with Crippen LogP contribution in [0.5, 0.6) is 5.75 Å². The van der Waals surface area contributed by atoms with E-state index in [1.54, 1.807) is 6.07 Å². The van der Waals surface area contributed by atoms with Crippen LogP contribution in [0.25, 0.3) is 0 Å². The summed E-state index contributed by atoms with van der Waals surface area (Å²) in [6.45, 7) is 8.25. The van der Waals surface area contributed by atoms with Crippen molar-refractivity contribution < 1.29 is 43.7 Å². The Morgan fingerprint density at radius 2 is 1.64 bits per heavy atom. The van der Waals surface area contributed by atoms with Gasteiger partial charge in [-0.15, -0.1) is 5.75 Å². The van der Waals surface area contributed by atoms with Gasteiger partial charge in [0.15, 0.2) is 0 Å². The standard InChI is InChI=1S/C11H16O.ClH.Zr/c1-8-9(11(2,3)4)6-5-7-10(8)12;;/h5-7,12H,1-4H3;1H;/q;;+2/p-2. The van der Waals surface area contributed by atoms with Gasteiger partial charge in [0.05, 0.1) is 0 Å². The van der Waals surface area contributed by atoms with Crippen molar-refractivity contribution in [2.24, 2.45) is 0 Å². The molecule has 0 N–H and O–H groups in total. The van der Waals surface area contributed by atoms with E-state index in [0.29, 0.717) is 0 Å². The van der Waals surface area contributed by atoms with E-state index in [1.165, 1.54) is 0 Å². The van der Waals surface area contributed by atoms with Gasteiger partial charge in [0, 0.05) is 0 Å². The second-order valence-corrected chi connectivity index (χ2v) is 4.18. The van der Waals surface area contributed by atoms with Gasteiger partial charge in [-0.05, 0) is 17.9 Å². The Balaban J connectivity index is 0. The fourth-order valence-electron chi connectivity index (χ4n) is 1.43. The van der Waals surface area contributed by atoms with Gasteiger partial charge in [0.1, 0.15) is 0 Å². The van der Waals surface area contributed by atoms with Crippen LogP contribution < -0.4 is 17.5 Å². The van der Waals surface area contributed by atoms with Crippen LogP contribution >= 0.6 is 0 Å². The maximum atomic E-state index is 11.3. The Labute approximate surface area is 111 Å². The first-order valence-corrected chi connectivity index (χ1v) is 4.20. The first-order chi connectivity index (χ1) is 5.43. The number of hydrogen-bond donors (Lipinski definition) is 0. The molecule has 0 aliphatic carbocycles. The quantitative estimate of drug-likeness (QED) is 0.624. The van der Waals surface area contributed by atoms with Crippen molar-refractivity contribution in [1.82, 2.24) is 0 Å². The summed E-state index contributed by atoms with van der Waals surface area (Å²) in [5.74, 6) is 0.141. The Morgan fingerprint density at radius 3 is 2.00 bits per heavy atom. The maximum absolute atomic E-state index is 11.3. The summed E-state index contributed by atoms with van der Waals surface area (Å²) in [4.78, 5) is 0. The number of halogens is 1. The monoisotopic (exact) mass is 288 g/mol. The molecule has 0 unspecified atom stereocenters. The predicted molar refractivity (Wildman–Crippen MR) is 49.3 cm³/mol. The Hall–Kier alpha value is 0.193. The average Bonchev–Trinajstić information content (AvgIpc) is 1.92. The normalized spacial score (nSPS) is 10.0. The van der Waals surface area contributed by atoms with E-state index in [2.05, 4.69) is 20.8 Å². The van der Waals surface area contributed by atoms with E-state index < -0.39 is 0 Å². The number of benzene rings is 1. The summed E-state index contributed by atoms with van der Waals surface area (Å²) in [6.07, 6.45) is 0. The molecule has 0 aliphatic rings. The molecule has 0 amide bonds. The molecule has 14 heavy (non-hydrogen) atoms. The van der Waals surface area contributed by atoms with Crippen LogP contribution in [-0.4, -0.2) is 0 Å². The molecular weight excluding hydrogens is 275 g/mol. The van der Waals surface area contributed by atoms with Gasteiger partial charge in [-0.3, -0.25) is 0 Å². The second-order valence-electron chi connectivity index (χ2n) is 4.18. The van der Waals surface area contributed by atoms with Crippen molar-refractivity contribution in [2.45, 2.75) is 33.1 Å². The van der Waals surface area contributed by atoms with E-state index in [4.69, 9.17) is 0 Å². The second kappa shape index (κ2) is 5.93. The number of hydrogen-bond acceptors (Lipinski definition) is 1. The van der Waals surface area contributed by atoms with Crippen LogP contribution in [0, 0.1) is 6.92 Å². The summed E-state index contributed by atoms with van der Waals surface area (Å²) in [6, 6.07) is 5.47. The summed E-state index contributed by atoms with van der Waals surface area (Å²) < 4.78 is 0. The average molecular weight is 290 g/mol. The molecule has 1 aromatic carbocycles. The topological polar surface area (TPSA) is 23.1 Å². The Bertz CT molecular complexity index is 292. The molecule has 0 saturated carbocycles. The SMILES string of the molecule is Cc1c([O-])cccc1C(C)(C)C.[Cl-].[Zr+2]. The van der Waals surface area contributed by atoms with Gasteiger partial charge in [-0.2, -0.15) is 0 Å². The minimum absolute atomic E-state index is 0. The van der Waals surface area contributed by atoms with Crippen LogP contribution in [0.4, 0.5) is 0 Å². The van der Waals surface area contributed by atoms with Crippen LogP contribution in [0.3, 0.4) is 0 Å². The van der Waals surface area contributed by atoms with E-state index in [-0.39, 0.29) is 49.8 Å². The van der Waals surface area contributed by atoms with E-state index >= 15 is 0 Å². The molecule has 0 bridgehead atoms. The minimum Gasteiger partial charge on any atom is -1.00 e. The van der Waals surface area contributed by atoms with Crippen molar-refractivity contribution in [3.63, 3.8) is 0 Å². The predicted octanol–water partition coefficient (Wildman–Crippen LogP) is -0.632. The molecule has 1 nitrogen and oxygen atoms in total. The van der Waals surface area contributed by atoms with Crippen LogP contribution in [-0.2, 0) is 31.6 Å². The van der Waals surface area contributed by atoms with Crippen molar-refractivity contribution in [3.8, 4) is 5.75 Å². The molecule has 1 rings (SSSR count). The third-order valence-corrected chi connectivity index (χ3v) is 2.09. The zero-order valence-corrected chi connectivity index (χ0v) is 12.2. The fraction of sp³-hybridized carbons (Fsp3) is 0.455. The van der Waals surface area contributed by atoms with E-state index in [1.807, 2.05) is 19.1 Å². The molecule has 0 aliphatic heterocycles. The van der Waals surface area contributed by atoms with Crippen LogP contribution in [0.1, 0.15) is 31.9 Å². The van der Waals surface area contributed by atoms with Gasteiger partial charge in [-0.1, -0.05) is 44.5 Å². The first-order valence-electron chi connectivity index (χ1n) is 4.20. The molecule has 0 heterocycles. The molecule has 0 fully saturated rings. The maximum Gasteiger partial charge on any atom is 2.00 e. The third kappa shape index (κ3) is 3.75. The van der Waals surface area contributed by atoms with Crippen molar-refractivity contribution in [1.29, 1.82) is 0 Å². The third-order valence-electron chi connectivity index (χ3n) is 2.09. The van der Waals surface area contributed by atoms with Crippen molar-refractivity contribution >= 4 is 0 Å². The van der Waals surface area contributed by atoms with E-state index in [9.17, 15) is 5.11 Å².